The van der Waals surface area contributed by atoms with Crippen molar-refractivity contribution in [1.29, 1.82) is 0 Å². The standard InChI is InChI=1S/C14H14FN/c15-10-16-13-7-3-1-5-11(13)9-12-6-2-4-8-14(12)16/h1,3,5-8H,2,4,9-10H2. The Hall–Kier alpha value is -1.57. The first-order valence-corrected chi connectivity index (χ1v) is 5.71. The van der Waals surface area contributed by atoms with Crippen molar-refractivity contribution < 1.29 is 4.39 Å². The lowest BCUT2D eigenvalue weighted by atomic mass is 9.90. The SMILES string of the molecule is FCN1C2=CCCC=C2Cc2ccccc21. The first-order chi connectivity index (χ1) is 7.90. The molecule has 0 unspecified atom stereocenters. The van der Waals surface area contributed by atoms with Crippen LogP contribution in [0.15, 0.2) is 47.7 Å². The van der Waals surface area contributed by atoms with E-state index in [0.717, 1.165) is 30.6 Å². The van der Waals surface area contributed by atoms with E-state index in [1.807, 2.05) is 18.2 Å². The number of nitrogens with zero attached hydrogens (tertiary/aromatic N) is 1. The van der Waals surface area contributed by atoms with Crippen molar-refractivity contribution in [1.82, 2.24) is 0 Å². The van der Waals surface area contributed by atoms with E-state index in [2.05, 4.69) is 18.2 Å². The van der Waals surface area contributed by atoms with E-state index < -0.39 is 6.80 Å². The van der Waals surface area contributed by atoms with E-state index in [4.69, 9.17) is 0 Å². The quantitative estimate of drug-likeness (QED) is 0.647. The van der Waals surface area contributed by atoms with Crippen LogP contribution < -0.4 is 4.90 Å². The smallest absolute Gasteiger partial charge is 0.166 e. The van der Waals surface area contributed by atoms with Gasteiger partial charge in [-0.15, -0.1) is 0 Å². The summed E-state index contributed by atoms with van der Waals surface area (Å²) in [5, 5.41) is 0. The van der Waals surface area contributed by atoms with Gasteiger partial charge in [0.1, 0.15) is 0 Å². The molecule has 0 bridgehead atoms. The molecular formula is C14H14FN. The monoisotopic (exact) mass is 215 g/mol. The van der Waals surface area contributed by atoms with Crippen LogP contribution in [0.3, 0.4) is 0 Å². The molecule has 1 aliphatic heterocycles. The molecule has 0 saturated heterocycles. The Morgan fingerprint density at radius 2 is 1.94 bits per heavy atom. The first-order valence-electron chi connectivity index (χ1n) is 5.71. The van der Waals surface area contributed by atoms with Gasteiger partial charge in [-0.05, 0) is 30.0 Å². The minimum atomic E-state index is -0.444. The predicted octanol–water partition coefficient (Wildman–Crippen LogP) is 3.58. The normalized spacial score (nSPS) is 18.4. The van der Waals surface area contributed by atoms with Gasteiger partial charge in [0.25, 0.3) is 0 Å². The summed E-state index contributed by atoms with van der Waals surface area (Å²) in [4.78, 5) is 1.78. The maximum atomic E-state index is 13.2. The lowest BCUT2D eigenvalue weighted by Crippen LogP contribution is -2.29. The molecule has 3 rings (SSSR count). The highest BCUT2D eigenvalue weighted by molar-refractivity contribution is 5.67. The van der Waals surface area contributed by atoms with Gasteiger partial charge in [0.15, 0.2) is 6.80 Å². The molecule has 1 nitrogen and oxygen atoms in total. The largest absolute Gasteiger partial charge is 0.313 e. The highest BCUT2D eigenvalue weighted by Gasteiger charge is 2.25. The molecule has 1 aromatic rings. The van der Waals surface area contributed by atoms with Gasteiger partial charge in [-0.1, -0.05) is 30.4 Å². The Morgan fingerprint density at radius 1 is 1.12 bits per heavy atom. The Bertz CT molecular complexity index is 473. The highest BCUT2D eigenvalue weighted by Crippen LogP contribution is 2.37. The Labute approximate surface area is 94.9 Å². The van der Waals surface area contributed by atoms with E-state index in [1.54, 1.807) is 4.90 Å². The fourth-order valence-corrected chi connectivity index (χ4v) is 2.55. The molecular weight excluding hydrogens is 201 g/mol. The second kappa shape index (κ2) is 3.78. The van der Waals surface area contributed by atoms with Crippen LogP contribution in [0.1, 0.15) is 18.4 Å². The lowest BCUT2D eigenvalue weighted by molar-refractivity contribution is 0.490. The van der Waals surface area contributed by atoms with Crippen LogP contribution in [0, 0.1) is 0 Å². The zero-order valence-electron chi connectivity index (χ0n) is 9.12. The van der Waals surface area contributed by atoms with Crippen LogP contribution in [-0.2, 0) is 6.42 Å². The number of fused-ring (bicyclic) bond motifs is 2. The van der Waals surface area contributed by atoms with Crippen molar-refractivity contribution in [3.8, 4) is 0 Å². The molecule has 0 aromatic heterocycles. The molecule has 0 radical (unpaired) electrons. The minimum absolute atomic E-state index is 0.444. The number of halogens is 1. The fraction of sp³-hybridized carbons (Fsp3) is 0.286. The van der Waals surface area contributed by atoms with Crippen LogP contribution in [0.4, 0.5) is 10.1 Å². The van der Waals surface area contributed by atoms with Crippen molar-refractivity contribution >= 4 is 5.69 Å². The highest BCUT2D eigenvalue weighted by atomic mass is 19.1. The molecule has 0 saturated carbocycles. The summed E-state index contributed by atoms with van der Waals surface area (Å²) < 4.78 is 13.2. The van der Waals surface area contributed by atoms with E-state index in [0.29, 0.717) is 0 Å². The molecule has 1 aliphatic carbocycles. The average Bonchev–Trinajstić information content (AvgIpc) is 2.36. The Morgan fingerprint density at radius 3 is 2.81 bits per heavy atom. The lowest BCUT2D eigenvalue weighted by Gasteiger charge is -2.34. The van der Waals surface area contributed by atoms with Crippen molar-refractivity contribution in [2.75, 3.05) is 11.7 Å². The fourth-order valence-electron chi connectivity index (χ4n) is 2.55. The number of anilines is 1. The second-order valence-electron chi connectivity index (χ2n) is 4.25. The number of benzene rings is 1. The van der Waals surface area contributed by atoms with Crippen molar-refractivity contribution in [2.45, 2.75) is 19.3 Å². The number of hydrogen-bond donors (Lipinski definition) is 0. The number of hydrogen-bond acceptors (Lipinski definition) is 1. The maximum Gasteiger partial charge on any atom is 0.166 e. The van der Waals surface area contributed by atoms with Gasteiger partial charge in [0.2, 0.25) is 0 Å². The average molecular weight is 215 g/mol. The number of para-hydroxylation sites is 1. The summed E-state index contributed by atoms with van der Waals surface area (Å²) in [6.45, 7) is -0.444. The van der Waals surface area contributed by atoms with Crippen LogP contribution >= 0.6 is 0 Å². The number of allylic oxidation sites excluding steroid dienone is 3. The number of rotatable bonds is 1. The van der Waals surface area contributed by atoms with Crippen molar-refractivity contribution in [3.05, 3.63) is 53.3 Å². The van der Waals surface area contributed by atoms with Gasteiger partial charge in [0, 0.05) is 17.8 Å². The topological polar surface area (TPSA) is 3.24 Å². The molecule has 0 atom stereocenters. The van der Waals surface area contributed by atoms with Crippen LogP contribution in [-0.4, -0.2) is 6.80 Å². The van der Waals surface area contributed by atoms with Gasteiger partial charge < -0.3 is 4.90 Å². The zero-order chi connectivity index (χ0) is 11.0. The van der Waals surface area contributed by atoms with Crippen LogP contribution in [0.5, 0.6) is 0 Å². The van der Waals surface area contributed by atoms with Gasteiger partial charge >= 0.3 is 0 Å². The summed E-state index contributed by atoms with van der Waals surface area (Å²) in [6, 6.07) is 8.08. The van der Waals surface area contributed by atoms with Gasteiger partial charge in [-0.2, -0.15) is 0 Å². The molecule has 1 heterocycles. The first kappa shape index (κ1) is 9.64. The van der Waals surface area contributed by atoms with E-state index in [1.165, 1.54) is 11.1 Å². The second-order valence-corrected chi connectivity index (χ2v) is 4.25. The zero-order valence-corrected chi connectivity index (χ0v) is 9.12. The third-order valence-electron chi connectivity index (χ3n) is 3.30. The summed E-state index contributed by atoms with van der Waals surface area (Å²) in [5.74, 6) is 0. The predicted molar refractivity (Wildman–Crippen MR) is 64.0 cm³/mol. The molecule has 1 aromatic carbocycles. The maximum absolute atomic E-state index is 13.2. The van der Waals surface area contributed by atoms with E-state index in [9.17, 15) is 4.39 Å². The summed E-state index contributed by atoms with van der Waals surface area (Å²) in [7, 11) is 0. The van der Waals surface area contributed by atoms with E-state index >= 15 is 0 Å². The third kappa shape index (κ3) is 1.37. The Balaban J connectivity index is 2.14. The molecule has 16 heavy (non-hydrogen) atoms. The molecule has 2 aliphatic rings. The van der Waals surface area contributed by atoms with Gasteiger partial charge in [-0.3, -0.25) is 0 Å². The molecule has 82 valence electrons. The summed E-state index contributed by atoms with van der Waals surface area (Å²) >= 11 is 0. The van der Waals surface area contributed by atoms with Crippen LogP contribution in [0.2, 0.25) is 0 Å². The summed E-state index contributed by atoms with van der Waals surface area (Å²) in [6.07, 6.45) is 7.45. The van der Waals surface area contributed by atoms with Gasteiger partial charge in [-0.25, -0.2) is 4.39 Å². The van der Waals surface area contributed by atoms with Crippen molar-refractivity contribution in [2.24, 2.45) is 0 Å². The third-order valence-corrected chi connectivity index (χ3v) is 3.30. The Kier molecular flexibility index (Phi) is 2.28. The van der Waals surface area contributed by atoms with Gasteiger partial charge in [0.05, 0.1) is 0 Å². The molecule has 0 N–H and O–H groups in total. The molecule has 0 amide bonds. The molecule has 0 spiro atoms. The van der Waals surface area contributed by atoms with Crippen LogP contribution in [0.25, 0.3) is 0 Å². The molecule has 0 fully saturated rings. The van der Waals surface area contributed by atoms with Crippen molar-refractivity contribution in [3.63, 3.8) is 0 Å². The molecule has 2 heteroatoms. The number of alkyl halides is 1. The van der Waals surface area contributed by atoms with E-state index in [-0.39, 0.29) is 0 Å². The summed E-state index contributed by atoms with van der Waals surface area (Å²) in [5.41, 5.74) is 4.61. The minimum Gasteiger partial charge on any atom is -0.313 e.